The van der Waals surface area contributed by atoms with Gasteiger partial charge in [0.15, 0.2) is 6.61 Å². The molecule has 1 aliphatic carbocycles. The van der Waals surface area contributed by atoms with E-state index in [2.05, 4.69) is 5.10 Å². The van der Waals surface area contributed by atoms with Crippen LogP contribution in [0.1, 0.15) is 20.3 Å². The maximum atomic E-state index is 12.1. The number of halogens is 2. The van der Waals surface area contributed by atoms with Gasteiger partial charge in [-0.2, -0.15) is 5.10 Å². The quantitative estimate of drug-likeness (QED) is 0.568. The molecule has 0 aromatic heterocycles. The SMILES string of the molecule is CCOC(=O)[C@]1(C)CC1=NN(C)C(=O)COc1ccc(Cl)cc1Cl. The lowest BCUT2D eigenvalue weighted by Crippen LogP contribution is -2.28. The Bertz CT molecular complexity index is 693. The van der Waals surface area contributed by atoms with E-state index < -0.39 is 5.41 Å². The number of likely N-dealkylation sites (N-methyl/N-ethyl adjacent to an activating group) is 1. The number of esters is 1. The number of benzene rings is 1. The van der Waals surface area contributed by atoms with Crippen LogP contribution in [0.5, 0.6) is 5.75 Å². The Morgan fingerprint density at radius 2 is 2.08 bits per heavy atom. The standard InChI is InChI=1S/C16H18Cl2N2O4/c1-4-23-15(22)16(2)8-13(16)19-20(3)14(21)9-24-12-6-5-10(17)7-11(12)18/h5-7H,4,8-9H2,1-3H3/t16-/m1/s1. The van der Waals surface area contributed by atoms with Gasteiger partial charge in [0, 0.05) is 18.5 Å². The first kappa shape index (κ1) is 18.5. The summed E-state index contributed by atoms with van der Waals surface area (Å²) >= 11 is 11.8. The van der Waals surface area contributed by atoms with E-state index in [1.807, 2.05) is 0 Å². The van der Waals surface area contributed by atoms with Crippen molar-refractivity contribution in [1.29, 1.82) is 0 Å². The smallest absolute Gasteiger partial charge is 0.317 e. The number of hydrogen-bond donors (Lipinski definition) is 0. The molecule has 0 unspecified atom stereocenters. The number of hydrazone groups is 1. The summed E-state index contributed by atoms with van der Waals surface area (Å²) in [4.78, 5) is 23.9. The van der Waals surface area contributed by atoms with E-state index in [0.29, 0.717) is 34.5 Å². The van der Waals surface area contributed by atoms with Gasteiger partial charge >= 0.3 is 5.97 Å². The monoisotopic (exact) mass is 372 g/mol. The van der Waals surface area contributed by atoms with Crippen molar-refractivity contribution in [3.05, 3.63) is 28.2 Å². The molecule has 130 valence electrons. The van der Waals surface area contributed by atoms with E-state index in [1.165, 1.54) is 13.1 Å². The minimum Gasteiger partial charge on any atom is -0.482 e. The fourth-order valence-corrected chi connectivity index (χ4v) is 2.44. The molecule has 24 heavy (non-hydrogen) atoms. The van der Waals surface area contributed by atoms with E-state index >= 15 is 0 Å². The third-order valence-electron chi connectivity index (χ3n) is 3.64. The van der Waals surface area contributed by atoms with Crippen LogP contribution in [-0.2, 0) is 14.3 Å². The Balaban J connectivity index is 1.91. The Kier molecular flexibility index (Phi) is 5.72. The summed E-state index contributed by atoms with van der Waals surface area (Å²) in [6, 6.07) is 4.73. The summed E-state index contributed by atoms with van der Waals surface area (Å²) in [5.74, 6) is -0.335. The van der Waals surface area contributed by atoms with Crippen molar-refractivity contribution in [2.75, 3.05) is 20.3 Å². The highest BCUT2D eigenvalue weighted by Gasteiger charge is 2.55. The van der Waals surface area contributed by atoms with E-state index in [4.69, 9.17) is 32.7 Å². The average Bonchev–Trinajstić information content (AvgIpc) is 3.17. The number of carbonyl (C=O) groups excluding carboxylic acids is 2. The molecule has 1 aliphatic rings. The van der Waals surface area contributed by atoms with Gasteiger partial charge in [0.25, 0.3) is 5.91 Å². The molecule has 0 N–H and O–H groups in total. The number of amides is 1. The highest BCUT2D eigenvalue weighted by atomic mass is 35.5. The van der Waals surface area contributed by atoms with Crippen LogP contribution in [0.15, 0.2) is 23.3 Å². The molecule has 8 heteroatoms. The number of rotatable bonds is 6. The highest BCUT2D eigenvalue weighted by molar-refractivity contribution is 6.35. The molecule has 0 heterocycles. The molecular formula is C16H18Cl2N2O4. The maximum Gasteiger partial charge on any atom is 0.317 e. The number of carbonyl (C=O) groups is 2. The zero-order valence-electron chi connectivity index (χ0n) is 13.6. The molecule has 0 aliphatic heterocycles. The lowest BCUT2D eigenvalue weighted by Gasteiger charge is -2.13. The minimum atomic E-state index is -0.731. The third kappa shape index (κ3) is 4.19. The van der Waals surface area contributed by atoms with Gasteiger partial charge in [-0.1, -0.05) is 23.2 Å². The van der Waals surface area contributed by atoms with Crippen molar-refractivity contribution in [1.82, 2.24) is 5.01 Å². The van der Waals surface area contributed by atoms with Crippen LogP contribution in [0.4, 0.5) is 0 Å². The first-order chi connectivity index (χ1) is 11.3. The largest absolute Gasteiger partial charge is 0.482 e. The van der Waals surface area contributed by atoms with E-state index in [0.717, 1.165) is 5.01 Å². The molecule has 1 aromatic rings. The zero-order valence-corrected chi connectivity index (χ0v) is 15.1. The Morgan fingerprint density at radius 1 is 1.38 bits per heavy atom. The van der Waals surface area contributed by atoms with Crippen LogP contribution in [0.25, 0.3) is 0 Å². The normalized spacial score (nSPS) is 20.6. The number of hydrogen-bond acceptors (Lipinski definition) is 5. The Morgan fingerprint density at radius 3 is 2.71 bits per heavy atom. The van der Waals surface area contributed by atoms with Gasteiger partial charge in [-0.25, -0.2) is 5.01 Å². The minimum absolute atomic E-state index is 0.231. The van der Waals surface area contributed by atoms with Crippen molar-refractivity contribution in [2.45, 2.75) is 20.3 Å². The van der Waals surface area contributed by atoms with Gasteiger partial charge in [0.05, 0.1) is 17.3 Å². The molecule has 0 radical (unpaired) electrons. The fourth-order valence-electron chi connectivity index (χ4n) is 1.98. The van der Waals surface area contributed by atoms with E-state index in [1.54, 1.807) is 26.0 Å². The average molecular weight is 373 g/mol. The van der Waals surface area contributed by atoms with Crippen LogP contribution >= 0.6 is 23.2 Å². The first-order valence-electron chi connectivity index (χ1n) is 7.37. The molecule has 1 amide bonds. The molecule has 1 atom stereocenters. The van der Waals surface area contributed by atoms with Gasteiger partial charge in [0.1, 0.15) is 11.2 Å². The van der Waals surface area contributed by atoms with Crippen molar-refractivity contribution in [3.63, 3.8) is 0 Å². The van der Waals surface area contributed by atoms with Gasteiger partial charge in [0.2, 0.25) is 0 Å². The summed E-state index contributed by atoms with van der Waals surface area (Å²) in [7, 11) is 1.51. The van der Waals surface area contributed by atoms with Crippen molar-refractivity contribution < 1.29 is 19.1 Å². The summed E-state index contributed by atoms with van der Waals surface area (Å²) in [6.07, 6.45) is 0.479. The van der Waals surface area contributed by atoms with Gasteiger partial charge in [-0.05, 0) is 32.0 Å². The van der Waals surface area contributed by atoms with E-state index in [-0.39, 0.29) is 18.5 Å². The molecule has 1 aromatic carbocycles. The molecule has 2 rings (SSSR count). The second-order valence-corrected chi connectivity index (χ2v) is 6.40. The Hall–Kier alpha value is -1.79. The molecule has 6 nitrogen and oxygen atoms in total. The predicted octanol–water partition coefficient (Wildman–Crippen LogP) is 3.16. The zero-order chi connectivity index (χ0) is 17.9. The van der Waals surface area contributed by atoms with E-state index in [9.17, 15) is 9.59 Å². The van der Waals surface area contributed by atoms with Crippen LogP contribution in [0, 0.1) is 5.41 Å². The Labute approximate surface area is 150 Å². The van der Waals surface area contributed by atoms with Crippen molar-refractivity contribution >= 4 is 40.8 Å². The molecular weight excluding hydrogens is 355 g/mol. The second-order valence-electron chi connectivity index (χ2n) is 5.56. The molecule has 0 bridgehead atoms. The lowest BCUT2D eigenvalue weighted by molar-refractivity contribution is -0.147. The third-order valence-corrected chi connectivity index (χ3v) is 4.17. The first-order valence-corrected chi connectivity index (χ1v) is 8.13. The number of nitrogens with zero attached hydrogens (tertiary/aromatic N) is 2. The molecule has 0 saturated heterocycles. The summed E-state index contributed by atoms with van der Waals surface area (Å²) in [6.45, 7) is 3.57. The summed E-state index contributed by atoms with van der Waals surface area (Å²) < 4.78 is 10.4. The highest BCUT2D eigenvalue weighted by Crippen LogP contribution is 2.43. The van der Waals surface area contributed by atoms with Crippen LogP contribution in [-0.4, -0.2) is 42.9 Å². The summed E-state index contributed by atoms with van der Waals surface area (Å²) in [5, 5.41) is 6.12. The molecule has 0 spiro atoms. The lowest BCUT2D eigenvalue weighted by atomic mass is 10.1. The molecule has 1 saturated carbocycles. The van der Waals surface area contributed by atoms with Crippen LogP contribution in [0.3, 0.4) is 0 Å². The van der Waals surface area contributed by atoms with Gasteiger partial charge in [-0.15, -0.1) is 0 Å². The van der Waals surface area contributed by atoms with Gasteiger partial charge in [-0.3, -0.25) is 9.59 Å². The molecule has 1 fully saturated rings. The second kappa shape index (κ2) is 7.40. The maximum absolute atomic E-state index is 12.1. The summed E-state index contributed by atoms with van der Waals surface area (Å²) in [5.41, 5.74) is -0.119. The van der Waals surface area contributed by atoms with Crippen LogP contribution in [0.2, 0.25) is 10.0 Å². The van der Waals surface area contributed by atoms with Crippen molar-refractivity contribution in [2.24, 2.45) is 10.5 Å². The van der Waals surface area contributed by atoms with Crippen molar-refractivity contribution in [3.8, 4) is 5.75 Å². The predicted molar refractivity (Wildman–Crippen MR) is 91.5 cm³/mol. The van der Waals surface area contributed by atoms with Gasteiger partial charge < -0.3 is 9.47 Å². The number of ether oxygens (including phenoxy) is 2. The fraction of sp³-hybridized carbons (Fsp3) is 0.438. The topological polar surface area (TPSA) is 68.2 Å². The van der Waals surface area contributed by atoms with Crippen LogP contribution < -0.4 is 4.74 Å².